The molecule has 0 saturated carbocycles. The van der Waals surface area contributed by atoms with Crippen molar-refractivity contribution >= 4 is 17.2 Å². The maximum atomic E-state index is 13.8. The van der Waals surface area contributed by atoms with Gasteiger partial charge in [0.1, 0.15) is 16.6 Å². The summed E-state index contributed by atoms with van der Waals surface area (Å²) >= 11 is 4.78. The fraction of sp³-hybridized carbons (Fsp3) is 0.0714. The monoisotopic (exact) mass is 279 g/mol. The summed E-state index contributed by atoms with van der Waals surface area (Å²) in [6, 6.07) is 8.86. The topological polar surface area (TPSA) is 35.2 Å². The molecule has 2 rings (SSSR count). The fourth-order valence-corrected chi connectivity index (χ4v) is 1.84. The summed E-state index contributed by atoms with van der Waals surface area (Å²) in [5.74, 6) is -1.00. The molecule has 2 aromatic carbocycles. The van der Waals surface area contributed by atoms with Gasteiger partial charge in [-0.15, -0.1) is 0 Å². The Morgan fingerprint density at radius 2 is 1.74 bits per heavy atom. The molecule has 0 radical (unpaired) electrons. The highest BCUT2D eigenvalue weighted by Crippen LogP contribution is 2.29. The normalized spacial score (nSPS) is 10.3. The smallest absolute Gasteiger partial charge is 0.168 e. The lowest BCUT2D eigenvalue weighted by atomic mass is 10.2. The molecule has 0 bridgehead atoms. The van der Waals surface area contributed by atoms with E-state index in [0.717, 1.165) is 0 Å². The largest absolute Gasteiger partial charge is 0.453 e. The molecule has 98 valence electrons. The van der Waals surface area contributed by atoms with Crippen LogP contribution in [0.15, 0.2) is 36.4 Å². The van der Waals surface area contributed by atoms with E-state index >= 15 is 0 Å². The Morgan fingerprint density at radius 1 is 1.11 bits per heavy atom. The molecule has 0 aliphatic rings. The molecule has 0 atom stereocenters. The van der Waals surface area contributed by atoms with Crippen LogP contribution in [0.2, 0.25) is 0 Å². The molecule has 2 nitrogen and oxygen atoms in total. The average Bonchev–Trinajstić information content (AvgIpc) is 2.34. The van der Waals surface area contributed by atoms with Crippen LogP contribution in [0.3, 0.4) is 0 Å². The lowest BCUT2D eigenvalue weighted by Gasteiger charge is -2.12. The van der Waals surface area contributed by atoms with E-state index in [0.29, 0.717) is 5.56 Å². The van der Waals surface area contributed by atoms with E-state index in [4.69, 9.17) is 22.7 Å². The Morgan fingerprint density at radius 3 is 2.42 bits per heavy atom. The Balaban J connectivity index is 2.47. The van der Waals surface area contributed by atoms with Crippen molar-refractivity contribution in [1.29, 1.82) is 0 Å². The molecule has 0 aliphatic heterocycles. The highest BCUT2D eigenvalue weighted by Gasteiger charge is 2.15. The van der Waals surface area contributed by atoms with Gasteiger partial charge in [-0.3, -0.25) is 0 Å². The number of halogens is 2. The second kappa shape index (κ2) is 5.32. The Bertz CT molecular complexity index is 643. The van der Waals surface area contributed by atoms with E-state index in [1.807, 2.05) is 0 Å². The SMILES string of the molecule is Cc1cccc(Oc2cccc(F)c2C(N)=S)c1F. The van der Waals surface area contributed by atoms with Crippen LogP contribution in [-0.2, 0) is 0 Å². The molecule has 0 aromatic heterocycles. The first-order valence-corrected chi connectivity index (χ1v) is 5.93. The second-order valence-electron chi connectivity index (χ2n) is 3.97. The highest BCUT2D eigenvalue weighted by atomic mass is 32.1. The number of benzene rings is 2. The summed E-state index contributed by atoms with van der Waals surface area (Å²) in [4.78, 5) is -0.138. The van der Waals surface area contributed by atoms with Gasteiger partial charge in [0.15, 0.2) is 11.6 Å². The molecule has 0 fully saturated rings. The van der Waals surface area contributed by atoms with E-state index in [2.05, 4.69) is 0 Å². The number of rotatable bonds is 3. The molecule has 0 amide bonds. The molecular formula is C14H11F2NOS. The molecular weight excluding hydrogens is 268 g/mol. The minimum Gasteiger partial charge on any atom is -0.453 e. The minimum absolute atomic E-state index is 0.00287. The van der Waals surface area contributed by atoms with Gasteiger partial charge in [0, 0.05) is 0 Å². The summed E-state index contributed by atoms with van der Waals surface area (Å²) in [6.45, 7) is 1.61. The predicted molar refractivity (Wildman–Crippen MR) is 73.5 cm³/mol. The van der Waals surface area contributed by atoms with Crippen LogP contribution in [0, 0.1) is 18.6 Å². The van der Waals surface area contributed by atoms with E-state index < -0.39 is 11.6 Å². The van der Waals surface area contributed by atoms with Crippen LogP contribution < -0.4 is 10.5 Å². The number of ether oxygens (including phenoxy) is 1. The van der Waals surface area contributed by atoms with Gasteiger partial charge in [-0.05, 0) is 30.7 Å². The van der Waals surface area contributed by atoms with Crippen LogP contribution >= 0.6 is 12.2 Å². The first-order chi connectivity index (χ1) is 9.00. The molecule has 19 heavy (non-hydrogen) atoms. The van der Waals surface area contributed by atoms with Crippen molar-refractivity contribution in [2.24, 2.45) is 5.73 Å². The Kier molecular flexibility index (Phi) is 3.76. The number of nitrogens with two attached hydrogens (primary N) is 1. The van der Waals surface area contributed by atoms with Crippen LogP contribution in [0.25, 0.3) is 0 Å². The molecule has 0 spiro atoms. The fourth-order valence-electron chi connectivity index (χ4n) is 1.65. The van der Waals surface area contributed by atoms with Gasteiger partial charge in [0.2, 0.25) is 0 Å². The first-order valence-electron chi connectivity index (χ1n) is 5.52. The molecule has 0 aliphatic carbocycles. The summed E-state index contributed by atoms with van der Waals surface area (Å²) in [5.41, 5.74) is 5.86. The quantitative estimate of drug-likeness (QED) is 0.870. The number of aryl methyl sites for hydroxylation is 1. The lowest BCUT2D eigenvalue weighted by molar-refractivity contribution is 0.436. The molecule has 0 heterocycles. The van der Waals surface area contributed by atoms with Gasteiger partial charge in [-0.1, -0.05) is 30.4 Å². The van der Waals surface area contributed by atoms with E-state index in [-0.39, 0.29) is 22.1 Å². The van der Waals surface area contributed by atoms with Gasteiger partial charge >= 0.3 is 0 Å². The standard InChI is InChI=1S/C14H11F2NOS/c1-8-4-2-7-11(13(8)16)18-10-6-3-5-9(15)12(10)14(17)19/h2-7H,1H3,(H2,17,19). The van der Waals surface area contributed by atoms with Gasteiger partial charge in [-0.2, -0.15) is 0 Å². The number of thiocarbonyl (C=S) groups is 1. The van der Waals surface area contributed by atoms with E-state index in [1.54, 1.807) is 19.1 Å². The summed E-state index contributed by atoms with van der Waals surface area (Å²) in [6.07, 6.45) is 0. The lowest BCUT2D eigenvalue weighted by Crippen LogP contribution is -2.13. The van der Waals surface area contributed by atoms with Crippen LogP contribution in [0.1, 0.15) is 11.1 Å². The van der Waals surface area contributed by atoms with Crippen molar-refractivity contribution in [2.75, 3.05) is 0 Å². The second-order valence-corrected chi connectivity index (χ2v) is 4.41. The van der Waals surface area contributed by atoms with E-state index in [9.17, 15) is 8.78 Å². The maximum Gasteiger partial charge on any atom is 0.168 e. The molecule has 0 saturated heterocycles. The van der Waals surface area contributed by atoms with Gasteiger partial charge in [0.25, 0.3) is 0 Å². The summed E-state index contributed by atoms with van der Waals surface area (Å²) in [7, 11) is 0. The zero-order valence-corrected chi connectivity index (χ0v) is 10.9. The maximum absolute atomic E-state index is 13.8. The Hall–Kier alpha value is -2.01. The van der Waals surface area contributed by atoms with Crippen LogP contribution in [0.4, 0.5) is 8.78 Å². The van der Waals surface area contributed by atoms with Crippen LogP contribution in [0.5, 0.6) is 11.5 Å². The first kappa shape index (κ1) is 13.4. The van der Waals surface area contributed by atoms with Crippen molar-refractivity contribution in [1.82, 2.24) is 0 Å². The minimum atomic E-state index is -0.599. The third kappa shape index (κ3) is 2.71. The highest BCUT2D eigenvalue weighted by molar-refractivity contribution is 7.80. The zero-order valence-electron chi connectivity index (χ0n) is 10.1. The summed E-state index contributed by atoms with van der Waals surface area (Å²) in [5, 5.41) is 0. The van der Waals surface area contributed by atoms with E-state index in [1.165, 1.54) is 24.3 Å². The molecule has 2 N–H and O–H groups in total. The summed E-state index contributed by atoms with van der Waals surface area (Å²) < 4.78 is 32.9. The molecule has 2 aromatic rings. The number of hydrogen-bond donors (Lipinski definition) is 1. The average molecular weight is 279 g/mol. The van der Waals surface area contributed by atoms with Gasteiger partial charge in [0.05, 0.1) is 5.56 Å². The Labute approximate surface area is 114 Å². The third-order valence-electron chi connectivity index (χ3n) is 2.60. The van der Waals surface area contributed by atoms with Crippen molar-refractivity contribution in [3.8, 4) is 11.5 Å². The third-order valence-corrected chi connectivity index (χ3v) is 2.80. The predicted octanol–water partition coefficient (Wildman–Crippen LogP) is 3.70. The van der Waals surface area contributed by atoms with Gasteiger partial charge < -0.3 is 10.5 Å². The van der Waals surface area contributed by atoms with Crippen molar-refractivity contribution in [3.05, 3.63) is 59.2 Å². The molecule has 5 heteroatoms. The zero-order chi connectivity index (χ0) is 14.0. The van der Waals surface area contributed by atoms with Gasteiger partial charge in [-0.25, -0.2) is 8.78 Å². The van der Waals surface area contributed by atoms with Crippen molar-refractivity contribution < 1.29 is 13.5 Å². The molecule has 0 unspecified atom stereocenters. The number of hydrogen-bond acceptors (Lipinski definition) is 2. The van der Waals surface area contributed by atoms with Crippen molar-refractivity contribution in [2.45, 2.75) is 6.92 Å². The van der Waals surface area contributed by atoms with Crippen molar-refractivity contribution in [3.63, 3.8) is 0 Å². The van der Waals surface area contributed by atoms with Crippen LogP contribution in [-0.4, -0.2) is 4.99 Å².